The van der Waals surface area contributed by atoms with Crippen molar-refractivity contribution in [3.05, 3.63) is 65.0 Å². The first-order chi connectivity index (χ1) is 8.83. The summed E-state index contributed by atoms with van der Waals surface area (Å²) >= 11 is 3.48. The highest BCUT2D eigenvalue weighted by molar-refractivity contribution is 9.10. The predicted octanol–water partition coefficient (Wildman–Crippen LogP) is 3.71. The predicted molar refractivity (Wildman–Crippen MR) is 76.7 cm³/mol. The molecule has 0 aliphatic rings. The minimum absolute atomic E-state index is 0.752. The Bertz CT molecular complexity index is 661. The van der Waals surface area contributed by atoms with Crippen LogP contribution in [0.5, 0.6) is 0 Å². The molecule has 1 N–H and O–H groups in total. The maximum absolute atomic E-state index is 4.37. The number of imidazole rings is 1. The van der Waals surface area contributed by atoms with Gasteiger partial charge in [-0.1, -0.05) is 18.2 Å². The summed E-state index contributed by atoms with van der Waals surface area (Å²) in [6.45, 7) is 0.752. The van der Waals surface area contributed by atoms with E-state index in [2.05, 4.69) is 42.8 Å². The molecule has 3 nitrogen and oxygen atoms in total. The topological polar surface area (TPSA) is 29.3 Å². The Hall–Kier alpha value is -1.81. The van der Waals surface area contributed by atoms with Crippen LogP contribution in [0, 0.1) is 0 Å². The minimum atomic E-state index is 0.752. The SMILES string of the molecule is Brc1ccc2ncc(CNc3ccccc3)n2c1. The Kier molecular flexibility index (Phi) is 3.02. The quantitative estimate of drug-likeness (QED) is 0.799. The molecule has 0 atom stereocenters. The van der Waals surface area contributed by atoms with Crippen molar-refractivity contribution in [2.75, 3.05) is 5.32 Å². The Morgan fingerprint density at radius 1 is 1.11 bits per heavy atom. The normalized spacial score (nSPS) is 10.7. The molecule has 3 aromatic rings. The molecule has 0 amide bonds. The van der Waals surface area contributed by atoms with E-state index in [0.717, 1.165) is 28.0 Å². The van der Waals surface area contributed by atoms with Crippen LogP contribution in [0.2, 0.25) is 0 Å². The summed E-state index contributed by atoms with van der Waals surface area (Å²) in [5.41, 5.74) is 3.21. The van der Waals surface area contributed by atoms with Crippen LogP contribution in [0.1, 0.15) is 5.69 Å². The summed E-state index contributed by atoms with van der Waals surface area (Å²) in [5, 5.41) is 3.38. The van der Waals surface area contributed by atoms with E-state index in [4.69, 9.17) is 0 Å². The van der Waals surface area contributed by atoms with Crippen LogP contribution in [0.4, 0.5) is 5.69 Å². The standard InChI is InChI=1S/C14H12BrN3/c15-11-6-7-14-17-9-13(18(14)10-11)8-16-12-4-2-1-3-5-12/h1-7,9-10,16H,8H2. The van der Waals surface area contributed by atoms with Crippen LogP contribution in [0.3, 0.4) is 0 Å². The highest BCUT2D eigenvalue weighted by Gasteiger charge is 2.03. The summed E-state index contributed by atoms with van der Waals surface area (Å²) in [6, 6.07) is 14.2. The number of nitrogens with one attached hydrogen (secondary N) is 1. The number of nitrogens with zero attached hydrogens (tertiary/aromatic N) is 2. The lowest BCUT2D eigenvalue weighted by atomic mass is 10.3. The van der Waals surface area contributed by atoms with Gasteiger partial charge >= 0.3 is 0 Å². The highest BCUT2D eigenvalue weighted by atomic mass is 79.9. The molecule has 3 rings (SSSR count). The van der Waals surface area contributed by atoms with Gasteiger partial charge in [0.05, 0.1) is 18.4 Å². The monoisotopic (exact) mass is 301 g/mol. The molecule has 2 heterocycles. The molecule has 0 bridgehead atoms. The Balaban J connectivity index is 1.85. The summed E-state index contributed by atoms with van der Waals surface area (Å²) < 4.78 is 3.13. The molecule has 18 heavy (non-hydrogen) atoms. The van der Waals surface area contributed by atoms with Gasteiger partial charge in [0.2, 0.25) is 0 Å². The van der Waals surface area contributed by atoms with Crippen LogP contribution in [0.25, 0.3) is 5.65 Å². The van der Waals surface area contributed by atoms with Gasteiger partial charge in [-0.05, 0) is 40.2 Å². The van der Waals surface area contributed by atoms with Crippen molar-refractivity contribution in [2.45, 2.75) is 6.54 Å². The Labute approximate surface area is 114 Å². The molecular weight excluding hydrogens is 290 g/mol. The van der Waals surface area contributed by atoms with E-state index in [1.54, 1.807) is 0 Å². The minimum Gasteiger partial charge on any atom is -0.379 e. The third-order valence-electron chi connectivity index (χ3n) is 2.79. The van der Waals surface area contributed by atoms with E-state index >= 15 is 0 Å². The molecule has 0 radical (unpaired) electrons. The Morgan fingerprint density at radius 3 is 2.78 bits per heavy atom. The van der Waals surface area contributed by atoms with E-state index < -0.39 is 0 Å². The third-order valence-corrected chi connectivity index (χ3v) is 3.26. The van der Waals surface area contributed by atoms with Crippen molar-refractivity contribution in [2.24, 2.45) is 0 Å². The van der Waals surface area contributed by atoms with Gasteiger partial charge in [0.15, 0.2) is 0 Å². The fourth-order valence-corrected chi connectivity index (χ4v) is 2.22. The van der Waals surface area contributed by atoms with Crippen molar-refractivity contribution >= 4 is 27.3 Å². The van der Waals surface area contributed by atoms with E-state index in [1.165, 1.54) is 0 Å². The molecule has 0 saturated heterocycles. The molecule has 2 aromatic heterocycles. The summed E-state index contributed by atoms with van der Waals surface area (Å²) in [6.07, 6.45) is 3.93. The van der Waals surface area contributed by atoms with E-state index in [1.807, 2.05) is 42.7 Å². The third kappa shape index (κ3) is 2.24. The molecule has 0 saturated carbocycles. The van der Waals surface area contributed by atoms with Crippen molar-refractivity contribution in [3.63, 3.8) is 0 Å². The number of aromatic nitrogens is 2. The molecule has 90 valence electrons. The molecule has 1 aromatic carbocycles. The zero-order valence-corrected chi connectivity index (χ0v) is 11.3. The second-order valence-electron chi connectivity index (χ2n) is 4.04. The fraction of sp³-hybridized carbons (Fsp3) is 0.0714. The molecular formula is C14H12BrN3. The van der Waals surface area contributed by atoms with Crippen LogP contribution in [0.15, 0.2) is 59.3 Å². The van der Waals surface area contributed by atoms with Gasteiger partial charge in [-0.2, -0.15) is 0 Å². The van der Waals surface area contributed by atoms with Crippen molar-refractivity contribution in [1.82, 2.24) is 9.38 Å². The van der Waals surface area contributed by atoms with Gasteiger partial charge in [0, 0.05) is 16.4 Å². The van der Waals surface area contributed by atoms with Gasteiger partial charge in [-0.3, -0.25) is 0 Å². The number of halogens is 1. The van der Waals surface area contributed by atoms with Gasteiger partial charge in [-0.25, -0.2) is 4.98 Å². The maximum atomic E-state index is 4.37. The van der Waals surface area contributed by atoms with Gasteiger partial charge in [0.25, 0.3) is 0 Å². The lowest BCUT2D eigenvalue weighted by Crippen LogP contribution is -2.02. The summed E-state index contributed by atoms with van der Waals surface area (Å²) in [7, 11) is 0. The Morgan fingerprint density at radius 2 is 1.94 bits per heavy atom. The molecule has 0 aliphatic heterocycles. The maximum Gasteiger partial charge on any atom is 0.137 e. The number of hydrogen-bond donors (Lipinski definition) is 1. The number of hydrogen-bond acceptors (Lipinski definition) is 2. The zero-order chi connectivity index (χ0) is 12.4. The van der Waals surface area contributed by atoms with Crippen molar-refractivity contribution in [3.8, 4) is 0 Å². The largest absolute Gasteiger partial charge is 0.379 e. The molecule has 0 fully saturated rings. The molecule has 0 unspecified atom stereocenters. The average molecular weight is 302 g/mol. The van der Waals surface area contributed by atoms with E-state index in [-0.39, 0.29) is 0 Å². The van der Waals surface area contributed by atoms with E-state index in [0.29, 0.717) is 0 Å². The molecule has 4 heteroatoms. The average Bonchev–Trinajstić information content (AvgIpc) is 2.80. The number of anilines is 1. The molecule has 0 spiro atoms. The van der Waals surface area contributed by atoms with Crippen LogP contribution in [-0.2, 0) is 6.54 Å². The van der Waals surface area contributed by atoms with Gasteiger partial charge in [-0.15, -0.1) is 0 Å². The highest BCUT2D eigenvalue weighted by Crippen LogP contribution is 2.15. The van der Waals surface area contributed by atoms with Crippen LogP contribution < -0.4 is 5.32 Å². The second-order valence-corrected chi connectivity index (χ2v) is 4.96. The van der Waals surface area contributed by atoms with Gasteiger partial charge in [0.1, 0.15) is 5.65 Å². The zero-order valence-electron chi connectivity index (χ0n) is 9.68. The lowest BCUT2D eigenvalue weighted by molar-refractivity contribution is 1.00. The number of rotatable bonds is 3. The number of fused-ring (bicyclic) bond motifs is 1. The first kappa shape index (κ1) is 11.3. The summed E-state index contributed by atoms with van der Waals surface area (Å²) in [5.74, 6) is 0. The van der Waals surface area contributed by atoms with Crippen molar-refractivity contribution in [1.29, 1.82) is 0 Å². The first-order valence-corrected chi connectivity index (χ1v) is 6.53. The van der Waals surface area contributed by atoms with Crippen LogP contribution in [-0.4, -0.2) is 9.38 Å². The second kappa shape index (κ2) is 4.82. The van der Waals surface area contributed by atoms with E-state index in [9.17, 15) is 0 Å². The fourth-order valence-electron chi connectivity index (χ4n) is 1.88. The number of benzene rings is 1. The lowest BCUT2D eigenvalue weighted by Gasteiger charge is -2.06. The first-order valence-electron chi connectivity index (χ1n) is 5.73. The number of para-hydroxylation sites is 1. The molecule has 0 aliphatic carbocycles. The van der Waals surface area contributed by atoms with Crippen molar-refractivity contribution < 1.29 is 0 Å². The number of pyridine rings is 1. The smallest absolute Gasteiger partial charge is 0.137 e. The van der Waals surface area contributed by atoms with Crippen LogP contribution >= 0.6 is 15.9 Å². The van der Waals surface area contributed by atoms with Gasteiger partial charge < -0.3 is 9.72 Å². The summed E-state index contributed by atoms with van der Waals surface area (Å²) in [4.78, 5) is 4.37.